The van der Waals surface area contributed by atoms with Crippen molar-refractivity contribution in [2.24, 2.45) is 5.73 Å². The lowest BCUT2D eigenvalue weighted by molar-refractivity contribution is -0.122. The topological polar surface area (TPSA) is 78.7 Å². The highest BCUT2D eigenvalue weighted by Crippen LogP contribution is 2.20. The van der Waals surface area contributed by atoms with Gasteiger partial charge in [0.2, 0.25) is 5.91 Å². The normalized spacial score (nSPS) is 16.8. The van der Waals surface area contributed by atoms with Crippen LogP contribution in [0.15, 0.2) is 48.5 Å². The summed E-state index contributed by atoms with van der Waals surface area (Å²) in [7, 11) is 0. The molecule has 0 spiro atoms. The van der Waals surface area contributed by atoms with Crippen LogP contribution in [0.1, 0.15) is 17.5 Å². The Morgan fingerprint density at radius 1 is 1.13 bits per heavy atom. The largest absolute Gasteiger partial charge is 0.350 e. The number of hydrogen-bond acceptors (Lipinski definition) is 4. The minimum atomic E-state index is -0.657. The number of nitrogens with zero attached hydrogens (tertiary/aromatic N) is 2. The molecule has 3 amide bonds. The molecule has 1 saturated heterocycles. The lowest BCUT2D eigenvalue weighted by Gasteiger charge is -2.29. The lowest BCUT2D eigenvalue weighted by Crippen LogP contribution is -2.48. The number of benzene rings is 2. The van der Waals surface area contributed by atoms with Crippen molar-refractivity contribution >= 4 is 47.8 Å². The maximum atomic E-state index is 13.4. The average Bonchev–Trinajstić information content (AvgIpc) is 3.20. The maximum absolute atomic E-state index is 13.4. The first-order chi connectivity index (χ1) is 14.9. The van der Waals surface area contributed by atoms with E-state index in [0.29, 0.717) is 42.6 Å². The highest BCUT2D eigenvalue weighted by atomic mass is 35.5. The molecule has 0 aliphatic carbocycles. The first kappa shape index (κ1) is 23.7. The van der Waals surface area contributed by atoms with Gasteiger partial charge in [-0.3, -0.25) is 4.79 Å². The fourth-order valence-corrected chi connectivity index (χ4v) is 4.14. The number of hydrogen-bond donors (Lipinski definition) is 3. The molecule has 2 atom stereocenters. The van der Waals surface area contributed by atoms with Crippen LogP contribution in [0.3, 0.4) is 0 Å². The van der Waals surface area contributed by atoms with Crippen molar-refractivity contribution < 1.29 is 9.59 Å². The van der Waals surface area contributed by atoms with Crippen LogP contribution in [-0.2, 0) is 17.9 Å². The first-order valence-corrected chi connectivity index (χ1v) is 11.4. The van der Waals surface area contributed by atoms with Crippen molar-refractivity contribution in [1.82, 2.24) is 15.1 Å². The number of nitrogens with one attached hydrogen (secondary N) is 1. The number of likely N-dealkylation sites (tertiary alicyclic amines) is 1. The summed E-state index contributed by atoms with van der Waals surface area (Å²) in [5, 5.41) is 4.15. The van der Waals surface area contributed by atoms with Crippen molar-refractivity contribution in [3.63, 3.8) is 0 Å². The van der Waals surface area contributed by atoms with Crippen LogP contribution in [0.4, 0.5) is 4.79 Å². The first-order valence-electron chi connectivity index (χ1n) is 10.0. The minimum absolute atomic E-state index is 0.102. The number of rotatable bonds is 7. The molecule has 0 bridgehead atoms. The molecular formula is C22H26Cl2N4O2S. The van der Waals surface area contributed by atoms with Gasteiger partial charge in [0, 0.05) is 48.0 Å². The van der Waals surface area contributed by atoms with Crippen LogP contribution < -0.4 is 11.1 Å². The smallest absolute Gasteiger partial charge is 0.320 e. The van der Waals surface area contributed by atoms with Gasteiger partial charge in [-0.05, 0) is 41.8 Å². The van der Waals surface area contributed by atoms with Crippen molar-refractivity contribution in [2.45, 2.75) is 31.6 Å². The van der Waals surface area contributed by atoms with Gasteiger partial charge in [0.25, 0.3) is 0 Å². The molecule has 1 aliphatic heterocycles. The highest BCUT2D eigenvalue weighted by molar-refractivity contribution is 7.80. The van der Waals surface area contributed by atoms with E-state index >= 15 is 0 Å². The Balaban J connectivity index is 1.72. The van der Waals surface area contributed by atoms with Gasteiger partial charge in [0.05, 0.1) is 6.04 Å². The van der Waals surface area contributed by atoms with Gasteiger partial charge < -0.3 is 20.9 Å². The Labute approximate surface area is 198 Å². The van der Waals surface area contributed by atoms with E-state index in [9.17, 15) is 9.59 Å². The minimum Gasteiger partial charge on any atom is -0.350 e. The summed E-state index contributed by atoms with van der Waals surface area (Å²) in [6.07, 6.45) is 0.680. The Hall–Kier alpha value is -1.93. The molecule has 2 aromatic rings. The van der Waals surface area contributed by atoms with Gasteiger partial charge in [-0.15, -0.1) is 0 Å². The SMILES string of the molecule is N[C@@H](CS)C(=O)N[C@@H]1CCN(C(=O)N(Cc2cccc(Cl)c2)Cc2cccc(Cl)c2)C1. The quantitative estimate of drug-likeness (QED) is 0.530. The predicted octanol–water partition coefficient (Wildman–Crippen LogP) is 3.56. The zero-order valence-corrected chi connectivity index (χ0v) is 19.4. The molecule has 0 aromatic heterocycles. The Morgan fingerprint density at radius 2 is 1.71 bits per heavy atom. The molecule has 6 nitrogen and oxygen atoms in total. The number of carbonyl (C=O) groups is 2. The number of carbonyl (C=O) groups excluding carboxylic acids is 2. The van der Waals surface area contributed by atoms with Gasteiger partial charge in [0.1, 0.15) is 0 Å². The van der Waals surface area contributed by atoms with Crippen molar-refractivity contribution in [1.29, 1.82) is 0 Å². The molecule has 0 radical (unpaired) electrons. The van der Waals surface area contributed by atoms with Crippen LogP contribution >= 0.6 is 35.8 Å². The Morgan fingerprint density at radius 3 is 2.23 bits per heavy atom. The van der Waals surface area contributed by atoms with E-state index in [1.165, 1.54) is 0 Å². The highest BCUT2D eigenvalue weighted by Gasteiger charge is 2.31. The number of halogens is 2. The summed E-state index contributed by atoms with van der Waals surface area (Å²) < 4.78 is 0. The fourth-order valence-electron chi connectivity index (χ4n) is 3.55. The second kappa shape index (κ2) is 11.1. The fraction of sp³-hybridized carbons (Fsp3) is 0.364. The summed E-state index contributed by atoms with van der Waals surface area (Å²) in [4.78, 5) is 29.0. The van der Waals surface area contributed by atoms with E-state index in [-0.39, 0.29) is 23.7 Å². The monoisotopic (exact) mass is 480 g/mol. The third kappa shape index (κ3) is 6.77. The van der Waals surface area contributed by atoms with E-state index in [4.69, 9.17) is 28.9 Å². The lowest BCUT2D eigenvalue weighted by atomic mass is 10.1. The molecule has 3 rings (SSSR count). The predicted molar refractivity (Wildman–Crippen MR) is 127 cm³/mol. The van der Waals surface area contributed by atoms with Gasteiger partial charge >= 0.3 is 6.03 Å². The summed E-state index contributed by atoms with van der Waals surface area (Å²) >= 11 is 16.3. The molecule has 0 saturated carbocycles. The van der Waals surface area contributed by atoms with E-state index < -0.39 is 6.04 Å². The number of urea groups is 1. The van der Waals surface area contributed by atoms with Gasteiger partial charge in [-0.2, -0.15) is 12.6 Å². The second-order valence-corrected chi connectivity index (χ2v) is 8.87. The third-order valence-corrected chi connectivity index (χ3v) is 6.00. The van der Waals surface area contributed by atoms with Crippen molar-refractivity contribution in [3.8, 4) is 0 Å². The van der Waals surface area contributed by atoms with Crippen LogP contribution in [0.2, 0.25) is 10.0 Å². The zero-order valence-electron chi connectivity index (χ0n) is 17.0. The summed E-state index contributed by atoms with van der Waals surface area (Å²) in [5.41, 5.74) is 7.61. The molecule has 0 unspecified atom stereocenters. The third-order valence-electron chi connectivity index (χ3n) is 5.13. The van der Waals surface area contributed by atoms with Gasteiger partial charge in [-0.1, -0.05) is 47.5 Å². The van der Waals surface area contributed by atoms with Crippen LogP contribution in [-0.4, -0.2) is 52.7 Å². The van der Waals surface area contributed by atoms with E-state index in [2.05, 4.69) is 17.9 Å². The van der Waals surface area contributed by atoms with Gasteiger partial charge in [-0.25, -0.2) is 4.79 Å². The van der Waals surface area contributed by atoms with Crippen molar-refractivity contribution in [2.75, 3.05) is 18.8 Å². The summed E-state index contributed by atoms with van der Waals surface area (Å²) in [6.45, 7) is 1.81. The molecule has 3 N–H and O–H groups in total. The summed E-state index contributed by atoms with van der Waals surface area (Å²) in [6, 6.07) is 14.0. The van der Waals surface area contributed by atoms with E-state index in [0.717, 1.165) is 11.1 Å². The molecule has 1 heterocycles. The molecule has 31 heavy (non-hydrogen) atoms. The van der Waals surface area contributed by atoms with Gasteiger partial charge in [0.15, 0.2) is 0 Å². The van der Waals surface area contributed by atoms with Crippen LogP contribution in [0.5, 0.6) is 0 Å². The Kier molecular flexibility index (Phi) is 8.49. The van der Waals surface area contributed by atoms with E-state index in [1.807, 2.05) is 36.4 Å². The molecular weight excluding hydrogens is 455 g/mol. The van der Waals surface area contributed by atoms with Crippen LogP contribution in [0.25, 0.3) is 0 Å². The molecule has 166 valence electrons. The van der Waals surface area contributed by atoms with E-state index in [1.54, 1.807) is 21.9 Å². The zero-order chi connectivity index (χ0) is 22.4. The van der Waals surface area contributed by atoms with Crippen LogP contribution in [0, 0.1) is 0 Å². The number of thiol groups is 1. The summed E-state index contributed by atoms with van der Waals surface area (Å²) in [5.74, 6) is 0.0258. The standard InChI is InChI=1S/C22H26Cl2N4O2S/c23-17-5-1-3-15(9-17)11-28(12-16-4-2-6-18(24)10-16)22(30)27-8-7-19(13-27)26-21(29)20(25)14-31/h1-6,9-10,19-20,31H,7-8,11-14,25H2,(H,26,29)/t19-,20+/m1/s1. The number of nitrogens with two attached hydrogens (primary N) is 1. The second-order valence-electron chi connectivity index (χ2n) is 7.63. The molecule has 1 fully saturated rings. The molecule has 9 heteroatoms. The molecule has 1 aliphatic rings. The Bertz CT molecular complexity index is 882. The van der Waals surface area contributed by atoms with Crippen molar-refractivity contribution in [3.05, 3.63) is 69.7 Å². The number of amides is 3. The average molecular weight is 481 g/mol. The molecule has 2 aromatic carbocycles. The maximum Gasteiger partial charge on any atom is 0.320 e.